The number of rotatable bonds is 4. The molecular weight excluding hydrogens is 774 g/mol. The van der Waals surface area contributed by atoms with Crippen LogP contribution in [0.25, 0.3) is 52.5 Å². The fourth-order valence-electron chi connectivity index (χ4n) is 10.5. The van der Waals surface area contributed by atoms with Crippen molar-refractivity contribution in [1.29, 1.82) is 0 Å². The van der Waals surface area contributed by atoms with E-state index in [4.69, 9.17) is 0 Å². The normalized spacial score (nSPS) is 17.0. The minimum atomic E-state index is 0.0714. The van der Waals surface area contributed by atoms with Crippen LogP contribution in [0, 0.1) is 6.92 Å². The zero-order valence-electron chi connectivity index (χ0n) is 38.2. The van der Waals surface area contributed by atoms with Crippen LogP contribution in [-0.4, -0.2) is 7.28 Å². The van der Waals surface area contributed by atoms with Gasteiger partial charge in [0, 0.05) is 47.7 Å². The van der Waals surface area contributed by atoms with Crippen molar-refractivity contribution in [3.8, 4) is 22.3 Å². The third-order valence-corrected chi connectivity index (χ3v) is 16.6. The second kappa shape index (κ2) is 13.9. The number of aryl methyl sites for hydroxylation is 1. The van der Waals surface area contributed by atoms with Crippen LogP contribution in [0.2, 0.25) is 0 Å². The van der Waals surface area contributed by atoms with Gasteiger partial charge in [0.15, 0.2) is 0 Å². The van der Waals surface area contributed by atoms with Crippen LogP contribution >= 0.6 is 22.7 Å². The van der Waals surface area contributed by atoms with Crippen LogP contribution in [0.5, 0.6) is 0 Å². The Morgan fingerprint density at radius 2 is 1.21 bits per heavy atom. The van der Waals surface area contributed by atoms with Crippen LogP contribution in [0.3, 0.4) is 0 Å². The molecule has 8 aromatic rings. The molecule has 1 N–H and O–H groups in total. The highest BCUT2D eigenvalue weighted by atomic mass is 32.1. The summed E-state index contributed by atoms with van der Waals surface area (Å²) >= 11 is 3.87. The molecule has 0 fully saturated rings. The maximum Gasteiger partial charge on any atom is 0.206 e. The van der Waals surface area contributed by atoms with E-state index >= 15 is 0 Å². The predicted octanol–water partition coefficient (Wildman–Crippen LogP) is 15.7. The first-order chi connectivity index (χ1) is 28.8. The number of benzene rings is 6. The van der Waals surface area contributed by atoms with Gasteiger partial charge in [-0.2, -0.15) is 11.3 Å². The molecule has 1 aliphatic carbocycles. The van der Waals surface area contributed by atoms with E-state index in [2.05, 4.69) is 199 Å². The van der Waals surface area contributed by atoms with Gasteiger partial charge in [-0.15, -0.1) is 11.3 Å². The Bertz CT molecular complexity index is 3070. The highest BCUT2D eigenvalue weighted by Gasteiger charge is 2.39. The molecule has 1 radical (unpaired) electrons. The lowest BCUT2D eigenvalue weighted by molar-refractivity contribution is 0.332. The Balaban J connectivity index is 1.24. The van der Waals surface area contributed by atoms with Gasteiger partial charge in [0.1, 0.15) is 0 Å². The fraction of sp³-hybridized carbons (Fsp3) is 0.333. The van der Waals surface area contributed by atoms with Crippen molar-refractivity contribution >= 4 is 81.8 Å². The number of nitrogens with one attached hydrogen (secondary N) is 1. The summed E-state index contributed by atoms with van der Waals surface area (Å²) in [6, 6.07) is 40.3. The van der Waals surface area contributed by atoms with Gasteiger partial charge in [-0.25, -0.2) is 0 Å². The van der Waals surface area contributed by atoms with Gasteiger partial charge in [0.05, 0.1) is 0 Å². The number of thiophene rings is 2. The minimum absolute atomic E-state index is 0.0714. The van der Waals surface area contributed by atoms with Crippen LogP contribution in [-0.2, 0) is 21.7 Å². The molecule has 61 heavy (non-hydrogen) atoms. The molecule has 0 saturated heterocycles. The molecule has 10 rings (SSSR count). The first kappa shape index (κ1) is 40.4. The van der Waals surface area contributed by atoms with Gasteiger partial charge in [-0.3, -0.25) is 0 Å². The molecule has 307 valence electrons. The predicted molar refractivity (Wildman–Crippen MR) is 272 cm³/mol. The van der Waals surface area contributed by atoms with E-state index in [0.29, 0.717) is 0 Å². The molecule has 0 saturated carbocycles. The third-order valence-electron chi connectivity index (χ3n) is 14.4. The van der Waals surface area contributed by atoms with Gasteiger partial charge in [0.2, 0.25) is 7.28 Å². The molecule has 4 heteroatoms. The first-order valence-corrected chi connectivity index (χ1v) is 24.0. The summed E-state index contributed by atoms with van der Waals surface area (Å²) in [5.41, 5.74) is 19.2. The first-order valence-electron chi connectivity index (χ1n) is 22.4. The SMILES string of the molecule is Cc1cc2sc3ccccc3c2cc1-c1ccc(-c2cc3c(cc2Nc2ccc(C(C)(C)C)cc2)C(C)(C)CCC3(C)C)c2c1C(C)c1c(sc3ccc(C(C)(C)C)cc13)[B]2. The molecule has 2 aliphatic rings. The van der Waals surface area contributed by atoms with E-state index in [-0.39, 0.29) is 27.6 Å². The Labute approximate surface area is 372 Å². The van der Waals surface area contributed by atoms with Crippen LogP contribution in [0.1, 0.15) is 134 Å². The summed E-state index contributed by atoms with van der Waals surface area (Å²) in [5.74, 6) is 0.192. The highest BCUT2D eigenvalue weighted by molar-refractivity contribution is 7.28. The Morgan fingerprint density at radius 3 is 1.92 bits per heavy atom. The van der Waals surface area contributed by atoms with Crippen molar-refractivity contribution in [2.45, 2.75) is 124 Å². The molecule has 1 nitrogen and oxygen atoms in total. The van der Waals surface area contributed by atoms with Crippen molar-refractivity contribution in [3.05, 3.63) is 142 Å². The molecule has 2 aromatic heterocycles. The summed E-state index contributed by atoms with van der Waals surface area (Å²) in [6.45, 7) is 28.5. The molecule has 6 aromatic carbocycles. The lowest BCUT2D eigenvalue weighted by Crippen LogP contribution is -2.39. The smallest absolute Gasteiger partial charge is 0.206 e. The van der Waals surface area contributed by atoms with Crippen molar-refractivity contribution < 1.29 is 0 Å². The monoisotopic (exact) mass is 832 g/mol. The van der Waals surface area contributed by atoms with E-state index in [0.717, 1.165) is 5.69 Å². The van der Waals surface area contributed by atoms with E-state index in [1.807, 2.05) is 22.7 Å². The zero-order chi connectivity index (χ0) is 43.0. The Morgan fingerprint density at radius 1 is 0.574 bits per heavy atom. The van der Waals surface area contributed by atoms with Crippen LogP contribution < -0.4 is 15.6 Å². The molecule has 3 heterocycles. The molecule has 0 amide bonds. The van der Waals surface area contributed by atoms with Crippen molar-refractivity contribution in [2.75, 3.05) is 5.32 Å². The summed E-state index contributed by atoms with van der Waals surface area (Å²) in [5, 5.41) is 8.13. The maximum atomic E-state index is 4.02. The average molecular weight is 833 g/mol. The highest BCUT2D eigenvalue weighted by Crippen LogP contribution is 2.51. The Hall–Kier alpha value is -4.64. The second-order valence-electron chi connectivity index (χ2n) is 21.6. The van der Waals surface area contributed by atoms with E-state index in [9.17, 15) is 0 Å². The number of hydrogen-bond acceptors (Lipinski definition) is 3. The van der Waals surface area contributed by atoms with Crippen LogP contribution in [0.4, 0.5) is 11.4 Å². The van der Waals surface area contributed by atoms with Gasteiger partial charge in [-0.05, 0) is 162 Å². The van der Waals surface area contributed by atoms with Crippen LogP contribution in [0.15, 0.2) is 103 Å². The quantitative estimate of drug-likeness (QED) is 0.174. The summed E-state index contributed by atoms with van der Waals surface area (Å²) in [7, 11) is 2.56. The van der Waals surface area contributed by atoms with E-state index in [1.165, 1.54) is 120 Å². The average Bonchev–Trinajstić information content (AvgIpc) is 3.76. The standard InChI is InChI=1S/C57H59BNS2/c1-32-27-49-42(37-15-13-14-16-47(37)60-49)29-40(32)38-22-23-39(52-50(38)33(2)51-43-28-35(55(6,7)8)19-24-48(43)61-53(51)58-52)41-30-44-45(57(11,12)26-25-56(44,9)10)31-46(41)59-36-20-17-34(18-21-36)54(3,4)5/h13-24,27-31,33,59H,25-26H2,1-12H3. The second-order valence-corrected chi connectivity index (χ2v) is 23.8. The number of fused-ring (bicyclic) bond motifs is 8. The zero-order valence-corrected chi connectivity index (χ0v) is 39.8. The largest absolute Gasteiger partial charge is 0.355 e. The van der Waals surface area contributed by atoms with Gasteiger partial charge in [-0.1, -0.05) is 130 Å². The van der Waals surface area contributed by atoms with Gasteiger partial charge >= 0.3 is 0 Å². The molecule has 1 unspecified atom stereocenters. The van der Waals surface area contributed by atoms with Gasteiger partial charge < -0.3 is 5.32 Å². The molecular formula is C57H59BNS2. The summed E-state index contributed by atoms with van der Waals surface area (Å²) < 4.78 is 5.48. The lowest BCUT2D eigenvalue weighted by atomic mass is 9.55. The maximum absolute atomic E-state index is 4.02. The Kier molecular flexibility index (Phi) is 9.24. The molecule has 1 atom stereocenters. The third kappa shape index (κ3) is 6.70. The molecule has 0 spiro atoms. The summed E-state index contributed by atoms with van der Waals surface area (Å²) in [6.07, 6.45) is 2.35. The lowest BCUT2D eigenvalue weighted by Gasteiger charge is -2.42. The number of hydrogen-bond donors (Lipinski definition) is 1. The van der Waals surface area contributed by atoms with Crippen molar-refractivity contribution in [3.63, 3.8) is 0 Å². The number of anilines is 2. The summed E-state index contributed by atoms with van der Waals surface area (Å²) in [4.78, 5) is 0. The molecule has 0 bridgehead atoms. The molecule has 1 aliphatic heterocycles. The van der Waals surface area contributed by atoms with Gasteiger partial charge in [0.25, 0.3) is 0 Å². The fourth-order valence-corrected chi connectivity index (χ4v) is 12.9. The van der Waals surface area contributed by atoms with E-state index in [1.54, 1.807) is 0 Å². The van der Waals surface area contributed by atoms with Crippen molar-refractivity contribution in [1.82, 2.24) is 0 Å². The minimum Gasteiger partial charge on any atom is -0.355 e. The van der Waals surface area contributed by atoms with E-state index < -0.39 is 0 Å². The topological polar surface area (TPSA) is 12.0 Å². The van der Waals surface area contributed by atoms with Crippen molar-refractivity contribution in [2.24, 2.45) is 0 Å².